The number of thiazole rings is 1. The Kier molecular flexibility index (Phi) is 4.03. The summed E-state index contributed by atoms with van der Waals surface area (Å²) in [6.45, 7) is 6.57. The van der Waals surface area contributed by atoms with Crippen LogP contribution in [-0.2, 0) is 6.54 Å². The van der Waals surface area contributed by atoms with Crippen LogP contribution in [0.25, 0.3) is 0 Å². The number of hydrogen-bond donors (Lipinski definition) is 2. The van der Waals surface area contributed by atoms with E-state index in [0.717, 1.165) is 15.7 Å². The minimum atomic E-state index is 0.0748. The van der Waals surface area contributed by atoms with E-state index in [9.17, 15) is 0 Å². The van der Waals surface area contributed by atoms with E-state index in [0.29, 0.717) is 18.1 Å². The first-order valence-electron chi connectivity index (χ1n) is 5.63. The van der Waals surface area contributed by atoms with Crippen molar-refractivity contribution in [3.05, 3.63) is 16.1 Å². The molecule has 0 bridgehead atoms. The molecule has 0 spiro atoms. The molecule has 0 aliphatic heterocycles. The van der Waals surface area contributed by atoms with E-state index in [2.05, 4.69) is 14.7 Å². The molecule has 2 heterocycles. The normalized spacial score (nSPS) is 10.9. The second-order valence-electron chi connectivity index (χ2n) is 4.10. The molecule has 0 atom stereocenters. The Labute approximate surface area is 114 Å². The number of nitrogens with one attached hydrogen (secondary N) is 1. The molecule has 0 saturated heterocycles. The third-order valence-electron chi connectivity index (χ3n) is 2.12. The van der Waals surface area contributed by atoms with Crippen LogP contribution in [-0.4, -0.2) is 15.5 Å². The van der Waals surface area contributed by atoms with E-state index in [1.54, 1.807) is 11.3 Å². The molecule has 98 valence electrons. The maximum absolute atomic E-state index is 5.78. The standard InChI is InChI=1S/C11H16N4OS2/c1-6(2)16-9-10(12)15-18-11(9)13-4-8-5-17-7(3)14-8/h5-6,13H,4H2,1-3H3,(H2,12,15). The molecule has 0 aliphatic carbocycles. The summed E-state index contributed by atoms with van der Waals surface area (Å²) in [5, 5.41) is 7.22. The van der Waals surface area contributed by atoms with Gasteiger partial charge in [-0.15, -0.1) is 11.3 Å². The first-order valence-corrected chi connectivity index (χ1v) is 7.28. The van der Waals surface area contributed by atoms with Crippen molar-refractivity contribution < 1.29 is 4.74 Å². The molecule has 2 rings (SSSR count). The van der Waals surface area contributed by atoms with Crippen LogP contribution in [0.15, 0.2) is 5.38 Å². The van der Waals surface area contributed by atoms with E-state index in [1.165, 1.54) is 11.5 Å². The predicted molar refractivity (Wildman–Crippen MR) is 76.5 cm³/mol. The Morgan fingerprint density at radius 3 is 2.89 bits per heavy atom. The smallest absolute Gasteiger partial charge is 0.197 e. The van der Waals surface area contributed by atoms with Crippen LogP contribution < -0.4 is 15.8 Å². The zero-order valence-electron chi connectivity index (χ0n) is 10.6. The molecular weight excluding hydrogens is 268 g/mol. The summed E-state index contributed by atoms with van der Waals surface area (Å²) < 4.78 is 9.75. The fraction of sp³-hybridized carbons (Fsp3) is 0.455. The van der Waals surface area contributed by atoms with Crippen LogP contribution in [0.3, 0.4) is 0 Å². The molecule has 0 aliphatic rings. The van der Waals surface area contributed by atoms with E-state index < -0.39 is 0 Å². The van der Waals surface area contributed by atoms with Crippen LogP contribution in [0, 0.1) is 6.92 Å². The van der Waals surface area contributed by atoms with Gasteiger partial charge in [0.15, 0.2) is 16.6 Å². The van der Waals surface area contributed by atoms with Crippen molar-refractivity contribution in [3.63, 3.8) is 0 Å². The average Bonchev–Trinajstić information content (AvgIpc) is 2.85. The van der Waals surface area contributed by atoms with Crippen LogP contribution in [0.1, 0.15) is 24.5 Å². The lowest BCUT2D eigenvalue weighted by atomic mass is 10.4. The first kappa shape index (κ1) is 13.1. The Hall–Kier alpha value is -1.34. The molecule has 0 unspecified atom stereocenters. The lowest BCUT2D eigenvalue weighted by molar-refractivity contribution is 0.245. The molecule has 0 radical (unpaired) electrons. The molecule has 18 heavy (non-hydrogen) atoms. The molecule has 0 fully saturated rings. The number of hydrogen-bond acceptors (Lipinski definition) is 7. The van der Waals surface area contributed by atoms with Crippen molar-refractivity contribution in [3.8, 4) is 5.75 Å². The van der Waals surface area contributed by atoms with Crippen molar-refractivity contribution in [2.24, 2.45) is 0 Å². The van der Waals surface area contributed by atoms with Gasteiger partial charge in [-0.2, -0.15) is 4.37 Å². The summed E-state index contributed by atoms with van der Waals surface area (Å²) in [7, 11) is 0. The summed E-state index contributed by atoms with van der Waals surface area (Å²) >= 11 is 2.95. The fourth-order valence-electron chi connectivity index (χ4n) is 1.42. The number of rotatable bonds is 5. The number of nitrogens with zero attached hydrogens (tertiary/aromatic N) is 2. The highest BCUT2D eigenvalue weighted by Crippen LogP contribution is 2.36. The van der Waals surface area contributed by atoms with Gasteiger partial charge in [0.25, 0.3) is 0 Å². The third-order valence-corrected chi connectivity index (χ3v) is 3.75. The SMILES string of the molecule is Cc1nc(CNc2snc(N)c2OC(C)C)cs1. The van der Waals surface area contributed by atoms with Gasteiger partial charge in [0.1, 0.15) is 0 Å². The molecular formula is C11H16N4OS2. The van der Waals surface area contributed by atoms with Crippen molar-refractivity contribution in [2.45, 2.75) is 33.4 Å². The Bertz CT molecular complexity index is 521. The van der Waals surface area contributed by atoms with E-state index in [-0.39, 0.29) is 6.10 Å². The first-order chi connectivity index (χ1) is 8.56. The topological polar surface area (TPSA) is 73.1 Å². The van der Waals surface area contributed by atoms with Crippen LogP contribution >= 0.6 is 22.9 Å². The number of aryl methyl sites for hydroxylation is 1. The molecule has 2 aromatic rings. The number of nitrogen functional groups attached to an aromatic ring is 1. The van der Waals surface area contributed by atoms with Gasteiger partial charge in [0.2, 0.25) is 0 Å². The van der Waals surface area contributed by atoms with Crippen LogP contribution in [0.2, 0.25) is 0 Å². The van der Waals surface area contributed by atoms with E-state index in [4.69, 9.17) is 10.5 Å². The van der Waals surface area contributed by atoms with Gasteiger partial charge in [0.05, 0.1) is 23.4 Å². The number of ether oxygens (including phenoxy) is 1. The third kappa shape index (κ3) is 3.11. The highest BCUT2D eigenvalue weighted by atomic mass is 32.1. The summed E-state index contributed by atoms with van der Waals surface area (Å²) in [6.07, 6.45) is 0.0748. The van der Waals surface area contributed by atoms with Gasteiger partial charge < -0.3 is 15.8 Å². The maximum Gasteiger partial charge on any atom is 0.197 e. The summed E-state index contributed by atoms with van der Waals surface area (Å²) in [5.74, 6) is 1.08. The molecule has 5 nitrogen and oxygen atoms in total. The largest absolute Gasteiger partial charge is 0.484 e. The highest BCUT2D eigenvalue weighted by molar-refractivity contribution is 7.11. The van der Waals surface area contributed by atoms with Gasteiger partial charge in [0, 0.05) is 5.38 Å². The predicted octanol–water partition coefficient (Wildman–Crippen LogP) is 2.89. The van der Waals surface area contributed by atoms with Crippen molar-refractivity contribution in [2.75, 3.05) is 11.1 Å². The van der Waals surface area contributed by atoms with Crippen LogP contribution in [0.5, 0.6) is 5.75 Å². The van der Waals surface area contributed by atoms with Crippen molar-refractivity contribution in [1.29, 1.82) is 0 Å². The van der Waals surface area contributed by atoms with Crippen molar-refractivity contribution >= 4 is 33.7 Å². The summed E-state index contributed by atoms with van der Waals surface area (Å²) in [5.41, 5.74) is 6.80. The van der Waals surface area contributed by atoms with Gasteiger partial charge >= 0.3 is 0 Å². The van der Waals surface area contributed by atoms with Gasteiger partial charge in [-0.05, 0) is 32.3 Å². The van der Waals surface area contributed by atoms with E-state index >= 15 is 0 Å². The summed E-state index contributed by atoms with van der Waals surface area (Å²) in [4.78, 5) is 4.39. The van der Waals surface area contributed by atoms with Crippen molar-refractivity contribution in [1.82, 2.24) is 9.36 Å². The number of aromatic nitrogens is 2. The Morgan fingerprint density at radius 2 is 2.28 bits per heavy atom. The van der Waals surface area contributed by atoms with Gasteiger partial charge in [-0.25, -0.2) is 4.98 Å². The molecule has 3 N–H and O–H groups in total. The zero-order valence-corrected chi connectivity index (χ0v) is 12.2. The lowest BCUT2D eigenvalue weighted by Crippen LogP contribution is -2.08. The Morgan fingerprint density at radius 1 is 1.50 bits per heavy atom. The average molecular weight is 284 g/mol. The molecule has 2 aromatic heterocycles. The number of anilines is 2. The Balaban J connectivity index is 2.05. The monoisotopic (exact) mass is 284 g/mol. The fourth-order valence-corrected chi connectivity index (χ4v) is 2.67. The van der Waals surface area contributed by atoms with Crippen LogP contribution in [0.4, 0.5) is 10.8 Å². The van der Waals surface area contributed by atoms with Gasteiger partial charge in [-0.3, -0.25) is 0 Å². The molecule has 0 amide bonds. The minimum absolute atomic E-state index is 0.0748. The zero-order chi connectivity index (χ0) is 13.1. The molecule has 0 aromatic carbocycles. The molecule has 0 saturated carbocycles. The molecule has 7 heteroatoms. The second-order valence-corrected chi connectivity index (χ2v) is 5.94. The summed E-state index contributed by atoms with van der Waals surface area (Å²) in [6, 6.07) is 0. The lowest BCUT2D eigenvalue weighted by Gasteiger charge is -2.11. The quantitative estimate of drug-likeness (QED) is 0.883. The number of nitrogens with two attached hydrogens (primary N) is 1. The van der Waals surface area contributed by atoms with E-state index in [1.807, 2.05) is 26.2 Å². The second kappa shape index (κ2) is 5.53. The maximum atomic E-state index is 5.78. The highest BCUT2D eigenvalue weighted by Gasteiger charge is 2.14. The van der Waals surface area contributed by atoms with Gasteiger partial charge in [-0.1, -0.05) is 0 Å². The minimum Gasteiger partial charge on any atom is -0.484 e.